The fourth-order valence-electron chi connectivity index (χ4n) is 2.34. The maximum atomic E-state index is 11.7. The summed E-state index contributed by atoms with van der Waals surface area (Å²) in [5.74, 6) is 0. The van der Waals surface area contributed by atoms with Crippen LogP contribution < -0.4 is 9.79 Å². The molecule has 4 unspecified atom stereocenters. The zero-order valence-electron chi connectivity index (χ0n) is 14.4. The third-order valence-corrected chi connectivity index (χ3v) is 6.31. The van der Waals surface area contributed by atoms with Gasteiger partial charge in [-0.1, -0.05) is 0 Å². The van der Waals surface area contributed by atoms with Crippen LogP contribution in [0.15, 0.2) is 0 Å². The Labute approximate surface area is 187 Å². The molecule has 6 N–H and O–H groups in total. The van der Waals surface area contributed by atoms with Gasteiger partial charge < -0.3 is 54.4 Å². The molecule has 2 aliphatic rings. The van der Waals surface area contributed by atoms with E-state index in [1.807, 2.05) is 0 Å². The molecule has 2 rings (SSSR count). The van der Waals surface area contributed by atoms with Crippen molar-refractivity contribution in [2.24, 2.45) is 0 Å². The molecule has 0 amide bonds. The van der Waals surface area contributed by atoms with Gasteiger partial charge in [-0.25, -0.2) is 4.31 Å². The Morgan fingerprint density at radius 2 is 1.69 bits per heavy atom. The Morgan fingerprint density at radius 1 is 1.07 bits per heavy atom. The van der Waals surface area contributed by atoms with Gasteiger partial charge in [-0.05, 0) is 6.10 Å². The fraction of sp³-hybridized carbons (Fsp3) is 0.909. The number of phosphoric ester groups is 2. The van der Waals surface area contributed by atoms with Gasteiger partial charge in [0, 0.05) is 31.1 Å². The topological polar surface area (TPSA) is 248 Å². The second-order valence-electron chi connectivity index (χ2n) is 5.87. The van der Waals surface area contributed by atoms with Gasteiger partial charge in [0.15, 0.2) is 6.29 Å². The minimum Gasteiger partial charge on any atom is -0.756 e. The van der Waals surface area contributed by atoms with E-state index in [2.05, 4.69) is 13.4 Å². The third kappa shape index (κ3) is 7.52. The first-order valence-electron chi connectivity index (χ1n) is 7.68. The Hall–Kier alpha value is 0.992. The van der Waals surface area contributed by atoms with Crippen molar-refractivity contribution in [1.82, 2.24) is 0 Å². The Kier molecular flexibility index (Phi) is 10.8. The SMILES string of the molecule is O=P([O-])(OC[C@H]1O[CH-]C(O)[C@H]1O)OP(=O)([O-])O[C@@H]1O[C@H]([C@H](O)CO)[C@H](O)C1O.[U]. The molecule has 0 saturated carbocycles. The molecule has 15 nitrogen and oxygen atoms in total. The van der Waals surface area contributed by atoms with Crippen molar-refractivity contribution >= 4 is 15.6 Å². The van der Waals surface area contributed by atoms with Gasteiger partial charge in [0.05, 0.1) is 25.4 Å². The summed E-state index contributed by atoms with van der Waals surface area (Å²) in [6.45, 7) is -0.975. The zero-order valence-corrected chi connectivity index (χ0v) is 20.3. The Balaban J connectivity index is 0.00000420. The second-order valence-corrected chi connectivity index (χ2v) is 8.78. The summed E-state index contributed by atoms with van der Waals surface area (Å²) in [7, 11) is -11.3. The van der Waals surface area contributed by atoms with Crippen LogP contribution in [0.4, 0.5) is 0 Å². The van der Waals surface area contributed by atoms with Crippen molar-refractivity contribution < 1.29 is 104 Å². The smallest absolute Gasteiger partial charge is 0.276 e. The van der Waals surface area contributed by atoms with Crippen molar-refractivity contribution in [2.45, 2.75) is 49.0 Å². The molecule has 0 aromatic carbocycles. The summed E-state index contributed by atoms with van der Waals surface area (Å²) in [6, 6.07) is 0. The van der Waals surface area contributed by atoms with Gasteiger partial charge in [-0.15, -0.1) is 0 Å². The number of aliphatic hydroxyl groups is 6. The van der Waals surface area contributed by atoms with Crippen LogP contribution in [0.1, 0.15) is 0 Å². The van der Waals surface area contributed by atoms with Gasteiger partial charge in [-0.2, -0.15) is 6.61 Å². The Morgan fingerprint density at radius 3 is 2.21 bits per heavy atom. The van der Waals surface area contributed by atoms with Gasteiger partial charge in [0.1, 0.15) is 24.4 Å². The molecular weight excluding hydrogens is 672 g/mol. The summed E-state index contributed by atoms with van der Waals surface area (Å²) < 4.78 is 45.1. The predicted molar refractivity (Wildman–Crippen MR) is 78.3 cm³/mol. The number of aliphatic hydroxyl groups excluding tert-OH is 6. The van der Waals surface area contributed by atoms with E-state index in [1.165, 1.54) is 0 Å². The quantitative estimate of drug-likeness (QED) is 0.0980. The molecule has 170 valence electrons. The standard InChI is InChI=1S/C11H21O15P2.U/c12-1-4(13)10-8(16)9(17)11(24-10)25-28(20,21)26-27(18,19)23-3-6-7(15)5(14)2-22-6;/h2,4-17H,1,3H2,(H,18,19)(H,20,21);/q-1;/p-2/t4-,5?,6-,7-,8-,9?,10-,11+;/m1./s1. The van der Waals surface area contributed by atoms with E-state index >= 15 is 0 Å². The van der Waals surface area contributed by atoms with E-state index in [9.17, 15) is 44.4 Å². The average Bonchev–Trinajstić information content (AvgIpc) is 3.05. The van der Waals surface area contributed by atoms with E-state index in [0.29, 0.717) is 0 Å². The first-order valence-corrected chi connectivity index (χ1v) is 10.6. The van der Waals surface area contributed by atoms with Crippen LogP contribution in [0.3, 0.4) is 0 Å². The van der Waals surface area contributed by atoms with E-state index in [4.69, 9.17) is 14.6 Å². The third-order valence-electron chi connectivity index (χ3n) is 3.78. The van der Waals surface area contributed by atoms with Crippen LogP contribution in [0, 0.1) is 37.7 Å². The fourth-order valence-corrected chi connectivity index (χ4v) is 4.42. The molecule has 10 atom stereocenters. The normalized spacial score (nSPS) is 40.1. The molecule has 0 aliphatic carbocycles. The van der Waals surface area contributed by atoms with E-state index in [1.54, 1.807) is 0 Å². The van der Waals surface area contributed by atoms with Crippen LogP contribution in [0.25, 0.3) is 0 Å². The van der Waals surface area contributed by atoms with Gasteiger partial charge in [0.2, 0.25) is 0 Å². The zero-order chi connectivity index (χ0) is 21.3. The summed E-state index contributed by atoms with van der Waals surface area (Å²) in [5, 5.41) is 56.2. The molecule has 18 heteroatoms. The number of ether oxygens (including phenoxy) is 2. The molecular formula is C11H19O15P2U-3. The summed E-state index contributed by atoms with van der Waals surface area (Å²) in [4.78, 5) is 23.4. The number of hydrogen-bond donors (Lipinski definition) is 6. The van der Waals surface area contributed by atoms with Crippen LogP contribution in [-0.2, 0) is 32.0 Å². The van der Waals surface area contributed by atoms with Crippen molar-refractivity contribution in [1.29, 1.82) is 0 Å². The Bertz CT molecular complexity index is 623. The number of rotatable bonds is 9. The molecule has 2 fully saturated rings. The van der Waals surface area contributed by atoms with Crippen molar-refractivity contribution in [3.8, 4) is 0 Å². The first-order chi connectivity index (χ1) is 12.9. The molecule has 2 saturated heterocycles. The van der Waals surface area contributed by atoms with Crippen molar-refractivity contribution in [3.05, 3.63) is 6.61 Å². The largest absolute Gasteiger partial charge is 0.756 e. The van der Waals surface area contributed by atoms with Crippen LogP contribution >= 0.6 is 15.6 Å². The van der Waals surface area contributed by atoms with Crippen molar-refractivity contribution in [2.75, 3.05) is 13.2 Å². The van der Waals surface area contributed by atoms with E-state index in [-0.39, 0.29) is 31.1 Å². The number of hydrogen-bond acceptors (Lipinski definition) is 15. The van der Waals surface area contributed by atoms with Crippen LogP contribution in [0.5, 0.6) is 0 Å². The molecule has 0 radical (unpaired) electrons. The summed E-state index contributed by atoms with van der Waals surface area (Å²) >= 11 is 0. The van der Waals surface area contributed by atoms with E-state index < -0.39 is 77.9 Å². The summed E-state index contributed by atoms with van der Waals surface area (Å²) in [6.07, 6.45) is -13.6. The first kappa shape index (κ1) is 28.0. The molecule has 0 spiro atoms. The van der Waals surface area contributed by atoms with Gasteiger partial charge in [0.25, 0.3) is 15.6 Å². The van der Waals surface area contributed by atoms with Gasteiger partial charge in [-0.3, -0.25) is 13.7 Å². The average molecular weight is 691 g/mol. The molecule has 0 aromatic heterocycles. The minimum atomic E-state index is -5.73. The molecule has 0 aromatic rings. The monoisotopic (exact) mass is 691 g/mol. The second kappa shape index (κ2) is 11.2. The molecule has 29 heavy (non-hydrogen) atoms. The minimum absolute atomic E-state index is 0. The van der Waals surface area contributed by atoms with Crippen LogP contribution in [0.2, 0.25) is 0 Å². The van der Waals surface area contributed by atoms with Crippen LogP contribution in [-0.4, -0.2) is 92.9 Å². The number of phosphoric acid groups is 2. The summed E-state index contributed by atoms with van der Waals surface area (Å²) in [5.41, 5.74) is 0. The molecule has 2 aliphatic heterocycles. The predicted octanol–water partition coefficient (Wildman–Crippen LogP) is -4.94. The maximum Gasteiger partial charge on any atom is 0.276 e. The van der Waals surface area contributed by atoms with Gasteiger partial charge >= 0.3 is 0 Å². The maximum absolute atomic E-state index is 11.7. The van der Waals surface area contributed by atoms with Crippen molar-refractivity contribution in [3.63, 3.8) is 0 Å². The van der Waals surface area contributed by atoms with E-state index in [0.717, 1.165) is 6.61 Å². The molecule has 2 heterocycles. The molecule has 0 bridgehead atoms.